The Labute approximate surface area is 72.6 Å². The summed E-state index contributed by atoms with van der Waals surface area (Å²) in [6.45, 7) is 0. The minimum Gasteiger partial charge on any atom is -0.215 e. The van der Waals surface area contributed by atoms with Crippen molar-refractivity contribution in [2.75, 3.05) is 0 Å². The second-order valence-corrected chi connectivity index (χ2v) is 2.42. The molecule has 0 saturated carbocycles. The molecule has 1 heterocycles. The molecule has 0 fully saturated rings. The molecule has 0 saturated heterocycles. The number of halogens is 2. The number of rotatable bonds is 1. The normalized spacial score (nSPS) is 10.3. The van der Waals surface area contributed by atoms with E-state index in [0.29, 0.717) is 0 Å². The molecular formula is C8H5F2N3. The molecule has 0 radical (unpaired) electrons. The Hall–Kier alpha value is -1.78. The van der Waals surface area contributed by atoms with E-state index in [2.05, 4.69) is 10.3 Å². The molecule has 0 aliphatic heterocycles. The van der Waals surface area contributed by atoms with Crippen LogP contribution in [0, 0.1) is 11.6 Å². The molecule has 1 aromatic heterocycles. The van der Waals surface area contributed by atoms with Crippen LogP contribution in [0.5, 0.6) is 0 Å². The van der Waals surface area contributed by atoms with Gasteiger partial charge >= 0.3 is 0 Å². The van der Waals surface area contributed by atoms with Crippen molar-refractivity contribution < 1.29 is 8.78 Å². The van der Waals surface area contributed by atoms with E-state index in [4.69, 9.17) is 0 Å². The van der Waals surface area contributed by atoms with Gasteiger partial charge in [0.05, 0.1) is 12.4 Å². The van der Waals surface area contributed by atoms with E-state index in [9.17, 15) is 8.78 Å². The van der Waals surface area contributed by atoms with Crippen molar-refractivity contribution in [1.29, 1.82) is 0 Å². The molecule has 0 unspecified atom stereocenters. The third kappa shape index (κ3) is 1.28. The Balaban J connectivity index is 2.64. The van der Waals surface area contributed by atoms with Gasteiger partial charge in [-0.15, -0.1) is 5.10 Å². The molecule has 1 aromatic carbocycles. The van der Waals surface area contributed by atoms with Crippen LogP contribution in [0.4, 0.5) is 8.78 Å². The van der Waals surface area contributed by atoms with Gasteiger partial charge in [-0.1, -0.05) is 11.3 Å². The lowest BCUT2D eigenvalue weighted by Crippen LogP contribution is -2.01. The summed E-state index contributed by atoms with van der Waals surface area (Å²) in [4.78, 5) is 0. The first-order valence-corrected chi connectivity index (χ1v) is 3.60. The van der Waals surface area contributed by atoms with E-state index in [1.807, 2.05) is 0 Å². The molecule has 0 amide bonds. The molecule has 0 N–H and O–H groups in total. The van der Waals surface area contributed by atoms with Crippen LogP contribution in [-0.2, 0) is 0 Å². The van der Waals surface area contributed by atoms with Gasteiger partial charge in [0.25, 0.3) is 0 Å². The summed E-state index contributed by atoms with van der Waals surface area (Å²) in [5.74, 6) is -1.32. The van der Waals surface area contributed by atoms with Crippen molar-refractivity contribution in [2.45, 2.75) is 0 Å². The third-order valence-electron chi connectivity index (χ3n) is 1.59. The number of para-hydroxylation sites is 1. The van der Waals surface area contributed by atoms with Gasteiger partial charge in [0.2, 0.25) is 0 Å². The molecule has 66 valence electrons. The zero-order valence-electron chi connectivity index (χ0n) is 6.48. The Bertz CT molecular complexity index is 391. The summed E-state index contributed by atoms with van der Waals surface area (Å²) < 4.78 is 27.2. The molecule has 2 aromatic rings. The Kier molecular flexibility index (Phi) is 1.77. The van der Waals surface area contributed by atoms with Gasteiger partial charge in [0.1, 0.15) is 5.69 Å². The van der Waals surface area contributed by atoms with Gasteiger partial charge in [-0.25, -0.2) is 13.5 Å². The molecule has 3 nitrogen and oxygen atoms in total. The molecule has 13 heavy (non-hydrogen) atoms. The van der Waals surface area contributed by atoms with Crippen molar-refractivity contribution >= 4 is 0 Å². The molecule has 0 aliphatic carbocycles. The highest BCUT2D eigenvalue weighted by Crippen LogP contribution is 2.15. The fourth-order valence-corrected chi connectivity index (χ4v) is 1.04. The summed E-state index contributed by atoms with van der Waals surface area (Å²) in [6, 6.07) is 3.63. The summed E-state index contributed by atoms with van der Waals surface area (Å²) in [5.41, 5.74) is -0.208. The van der Waals surface area contributed by atoms with E-state index in [-0.39, 0.29) is 5.69 Å². The Morgan fingerprint density at radius 2 is 1.85 bits per heavy atom. The fourth-order valence-electron chi connectivity index (χ4n) is 1.04. The lowest BCUT2D eigenvalue weighted by molar-refractivity contribution is 0.556. The SMILES string of the molecule is Fc1cccc(F)c1-n1ccnn1. The average molecular weight is 181 g/mol. The average Bonchev–Trinajstić information content (AvgIpc) is 2.57. The van der Waals surface area contributed by atoms with Crippen molar-refractivity contribution in [3.8, 4) is 5.69 Å². The van der Waals surface area contributed by atoms with Crippen LogP contribution in [0.2, 0.25) is 0 Å². The second kappa shape index (κ2) is 2.93. The van der Waals surface area contributed by atoms with Crippen LogP contribution in [-0.4, -0.2) is 15.0 Å². The molecular weight excluding hydrogens is 176 g/mol. The molecule has 0 atom stereocenters. The number of benzene rings is 1. The van der Waals surface area contributed by atoms with Crippen LogP contribution in [0.15, 0.2) is 30.6 Å². The van der Waals surface area contributed by atoms with Gasteiger partial charge in [0.15, 0.2) is 11.6 Å². The number of hydrogen-bond acceptors (Lipinski definition) is 2. The lowest BCUT2D eigenvalue weighted by Gasteiger charge is -2.02. The third-order valence-corrected chi connectivity index (χ3v) is 1.59. The maximum Gasteiger partial charge on any atom is 0.151 e. The first kappa shape index (κ1) is 7.85. The van der Waals surface area contributed by atoms with Crippen molar-refractivity contribution in [1.82, 2.24) is 15.0 Å². The van der Waals surface area contributed by atoms with Crippen molar-refractivity contribution in [3.63, 3.8) is 0 Å². The second-order valence-electron chi connectivity index (χ2n) is 2.42. The van der Waals surface area contributed by atoms with E-state index in [1.165, 1.54) is 30.6 Å². The Morgan fingerprint density at radius 3 is 2.38 bits per heavy atom. The largest absolute Gasteiger partial charge is 0.215 e. The highest BCUT2D eigenvalue weighted by Gasteiger charge is 2.10. The van der Waals surface area contributed by atoms with Crippen LogP contribution >= 0.6 is 0 Å². The van der Waals surface area contributed by atoms with Crippen molar-refractivity contribution in [3.05, 3.63) is 42.2 Å². The van der Waals surface area contributed by atoms with E-state index in [0.717, 1.165) is 4.68 Å². The number of nitrogens with zero attached hydrogens (tertiary/aromatic N) is 3. The minimum atomic E-state index is -0.662. The van der Waals surface area contributed by atoms with Crippen molar-refractivity contribution in [2.24, 2.45) is 0 Å². The lowest BCUT2D eigenvalue weighted by atomic mass is 10.3. The summed E-state index contributed by atoms with van der Waals surface area (Å²) in [6.07, 6.45) is 2.73. The first-order valence-electron chi connectivity index (χ1n) is 3.60. The zero-order valence-corrected chi connectivity index (χ0v) is 6.48. The monoisotopic (exact) mass is 181 g/mol. The maximum absolute atomic E-state index is 13.1. The van der Waals surface area contributed by atoms with Gasteiger partial charge in [-0.05, 0) is 12.1 Å². The number of aromatic nitrogens is 3. The Morgan fingerprint density at radius 1 is 1.15 bits per heavy atom. The molecule has 0 bridgehead atoms. The summed E-state index contributed by atoms with van der Waals surface area (Å²) >= 11 is 0. The van der Waals surface area contributed by atoms with Gasteiger partial charge in [-0.3, -0.25) is 0 Å². The highest BCUT2D eigenvalue weighted by molar-refractivity contribution is 5.33. The predicted octanol–water partition coefficient (Wildman–Crippen LogP) is 1.55. The summed E-state index contributed by atoms with van der Waals surface area (Å²) in [5, 5.41) is 6.96. The topological polar surface area (TPSA) is 30.7 Å². The fraction of sp³-hybridized carbons (Fsp3) is 0. The van der Waals surface area contributed by atoms with E-state index < -0.39 is 11.6 Å². The van der Waals surface area contributed by atoms with Crippen LogP contribution in [0.1, 0.15) is 0 Å². The van der Waals surface area contributed by atoms with Crippen LogP contribution < -0.4 is 0 Å². The molecule has 5 heteroatoms. The first-order chi connectivity index (χ1) is 6.29. The standard InChI is InChI=1S/C8H5F2N3/c9-6-2-1-3-7(10)8(6)13-5-4-11-12-13/h1-5H. The van der Waals surface area contributed by atoms with E-state index in [1.54, 1.807) is 0 Å². The minimum absolute atomic E-state index is 0.208. The molecule has 2 rings (SSSR count). The van der Waals surface area contributed by atoms with Gasteiger partial charge in [-0.2, -0.15) is 0 Å². The van der Waals surface area contributed by atoms with E-state index >= 15 is 0 Å². The smallest absolute Gasteiger partial charge is 0.151 e. The molecule has 0 aliphatic rings. The predicted molar refractivity (Wildman–Crippen MR) is 41.3 cm³/mol. The molecule has 0 spiro atoms. The quantitative estimate of drug-likeness (QED) is 0.668. The summed E-state index contributed by atoms with van der Waals surface area (Å²) in [7, 11) is 0. The highest BCUT2D eigenvalue weighted by atomic mass is 19.1. The zero-order chi connectivity index (χ0) is 9.26. The number of hydrogen-bond donors (Lipinski definition) is 0. The van der Waals surface area contributed by atoms with Gasteiger partial charge in [0, 0.05) is 0 Å². The van der Waals surface area contributed by atoms with Crippen LogP contribution in [0.3, 0.4) is 0 Å². The van der Waals surface area contributed by atoms with Gasteiger partial charge < -0.3 is 0 Å². The van der Waals surface area contributed by atoms with Crippen LogP contribution in [0.25, 0.3) is 5.69 Å². The maximum atomic E-state index is 13.1.